The number of carbonyl (C=O) groups is 1. The Hall–Kier alpha value is -2.49. The van der Waals surface area contributed by atoms with E-state index < -0.39 is 0 Å². The Kier molecular flexibility index (Phi) is 2.41. The van der Waals surface area contributed by atoms with Gasteiger partial charge in [0, 0.05) is 5.56 Å². The first-order valence-electron chi connectivity index (χ1n) is 5.47. The third-order valence-corrected chi connectivity index (χ3v) is 2.80. The summed E-state index contributed by atoms with van der Waals surface area (Å²) in [5, 5.41) is 0. The number of hydrogen-bond acceptors (Lipinski definition) is 2. The molecule has 18 heavy (non-hydrogen) atoms. The van der Waals surface area contributed by atoms with Gasteiger partial charge < -0.3 is 0 Å². The fourth-order valence-corrected chi connectivity index (χ4v) is 1.97. The van der Waals surface area contributed by atoms with E-state index in [1.165, 1.54) is 12.1 Å². The molecule has 0 atom stereocenters. The number of fused-ring (bicyclic) bond motifs is 1. The number of hydrogen-bond donors (Lipinski definition) is 0. The maximum Gasteiger partial charge on any atom is 0.166 e. The number of aldehydes is 1. The van der Waals surface area contributed by atoms with Gasteiger partial charge in [-0.15, -0.1) is 0 Å². The van der Waals surface area contributed by atoms with Crippen LogP contribution in [0.15, 0.2) is 48.7 Å². The molecular weight excluding hydrogens is 231 g/mol. The summed E-state index contributed by atoms with van der Waals surface area (Å²) >= 11 is 0. The van der Waals surface area contributed by atoms with Crippen molar-refractivity contribution in [2.75, 3.05) is 0 Å². The van der Waals surface area contributed by atoms with Crippen LogP contribution in [0.5, 0.6) is 0 Å². The average Bonchev–Trinajstić information content (AvgIpc) is 2.83. The molecule has 0 N–H and O–H groups in total. The van der Waals surface area contributed by atoms with Crippen LogP contribution in [0.1, 0.15) is 10.5 Å². The zero-order valence-corrected chi connectivity index (χ0v) is 9.38. The number of carbonyl (C=O) groups excluding carboxylic acids is 1. The smallest absolute Gasteiger partial charge is 0.166 e. The van der Waals surface area contributed by atoms with Gasteiger partial charge in [0.05, 0.1) is 17.4 Å². The number of rotatable bonds is 2. The van der Waals surface area contributed by atoms with Crippen LogP contribution >= 0.6 is 0 Å². The van der Waals surface area contributed by atoms with Crippen molar-refractivity contribution < 1.29 is 9.18 Å². The minimum absolute atomic E-state index is 0.296. The summed E-state index contributed by atoms with van der Waals surface area (Å²) < 4.78 is 14.7. The van der Waals surface area contributed by atoms with E-state index in [-0.39, 0.29) is 5.82 Å². The van der Waals surface area contributed by atoms with E-state index in [4.69, 9.17) is 0 Å². The molecule has 3 nitrogen and oxygen atoms in total. The van der Waals surface area contributed by atoms with Gasteiger partial charge in [-0.3, -0.25) is 9.20 Å². The third-order valence-electron chi connectivity index (χ3n) is 2.80. The molecule has 0 aliphatic carbocycles. The van der Waals surface area contributed by atoms with Crippen LogP contribution < -0.4 is 0 Å². The molecule has 3 aromatic rings. The Bertz CT molecular complexity index is 716. The second-order valence-corrected chi connectivity index (χ2v) is 3.92. The molecule has 0 radical (unpaired) electrons. The van der Waals surface area contributed by atoms with Crippen LogP contribution in [0, 0.1) is 5.82 Å². The van der Waals surface area contributed by atoms with E-state index in [2.05, 4.69) is 4.98 Å². The lowest BCUT2D eigenvalue weighted by atomic mass is 10.2. The van der Waals surface area contributed by atoms with Gasteiger partial charge in [-0.25, -0.2) is 9.37 Å². The van der Waals surface area contributed by atoms with Crippen molar-refractivity contribution in [2.24, 2.45) is 0 Å². The fraction of sp³-hybridized carbons (Fsp3) is 0. The number of pyridine rings is 1. The second kappa shape index (κ2) is 4.07. The first-order chi connectivity index (χ1) is 8.79. The molecule has 0 saturated heterocycles. The van der Waals surface area contributed by atoms with Crippen LogP contribution in [0.2, 0.25) is 0 Å². The standard InChI is InChI=1S/C14H9FN2O/c15-11-6-4-10(5-7-11)14-16-8-12-2-1-3-13(9-18)17(12)14/h1-9H. The summed E-state index contributed by atoms with van der Waals surface area (Å²) in [6.07, 6.45) is 2.47. The highest BCUT2D eigenvalue weighted by Gasteiger charge is 2.09. The van der Waals surface area contributed by atoms with Crippen molar-refractivity contribution in [3.05, 3.63) is 60.2 Å². The highest BCUT2D eigenvalue weighted by molar-refractivity contribution is 5.77. The van der Waals surface area contributed by atoms with E-state index in [0.717, 1.165) is 17.4 Å². The maximum absolute atomic E-state index is 12.9. The lowest BCUT2D eigenvalue weighted by Gasteiger charge is -2.04. The van der Waals surface area contributed by atoms with Gasteiger partial charge in [-0.1, -0.05) is 6.07 Å². The molecule has 0 fully saturated rings. The van der Waals surface area contributed by atoms with Gasteiger partial charge in [-0.05, 0) is 36.4 Å². The SMILES string of the molecule is O=Cc1cccc2cnc(-c3ccc(F)cc3)n12. The molecule has 1 aromatic carbocycles. The van der Waals surface area contributed by atoms with Crippen LogP contribution in [-0.2, 0) is 0 Å². The van der Waals surface area contributed by atoms with E-state index >= 15 is 0 Å². The van der Waals surface area contributed by atoms with Gasteiger partial charge in [-0.2, -0.15) is 0 Å². The van der Waals surface area contributed by atoms with Crippen molar-refractivity contribution >= 4 is 11.8 Å². The summed E-state index contributed by atoms with van der Waals surface area (Å²) in [6, 6.07) is 11.4. The fourth-order valence-electron chi connectivity index (χ4n) is 1.97. The predicted molar refractivity (Wildman–Crippen MR) is 66.0 cm³/mol. The largest absolute Gasteiger partial charge is 0.296 e. The first kappa shape index (κ1) is 10.7. The summed E-state index contributed by atoms with van der Waals surface area (Å²) in [7, 11) is 0. The van der Waals surface area contributed by atoms with Crippen LogP contribution in [0.3, 0.4) is 0 Å². The van der Waals surface area contributed by atoms with Crippen molar-refractivity contribution in [1.82, 2.24) is 9.38 Å². The topological polar surface area (TPSA) is 34.4 Å². The Morgan fingerprint density at radius 1 is 1.11 bits per heavy atom. The highest BCUT2D eigenvalue weighted by Crippen LogP contribution is 2.21. The molecular formula is C14H9FN2O. The maximum atomic E-state index is 12.9. The van der Waals surface area contributed by atoms with E-state index in [1.807, 2.05) is 6.07 Å². The van der Waals surface area contributed by atoms with Gasteiger partial charge in [0.2, 0.25) is 0 Å². The number of nitrogens with zero attached hydrogens (tertiary/aromatic N) is 2. The zero-order chi connectivity index (χ0) is 12.5. The van der Waals surface area contributed by atoms with Gasteiger partial charge in [0.25, 0.3) is 0 Å². The Morgan fingerprint density at radius 2 is 1.89 bits per heavy atom. The van der Waals surface area contributed by atoms with Gasteiger partial charge in [0.15, 0.2) is 6.29 Å². The monoisotopic (exact) mass is 240 g/mol. The minimum Gasteiger partial charge on any atom is -0.296 e. The van der Waals surface area contributed by atoms with Crippen LogP contribution in [0.25, 0.3) is 16.9 Å². The molecule has 0 amide bonds. The van der Waals surface area contributed by atoms with Crippen molar-refractivity contribution in [2.45, 2.75) is 0 Å². The quantitative estimate of drug-likeness (QED) is 0.645. The Morgan fingerprint density at radius 3 is 2.61 bits per heavy atom. The summed E-state index contributed by atoms with van der Waals surface area (Å²) in [4.78, 5) is 15.3. The van der Waals surface area contributed by atoms with Crippen molar-refractivity contribution in [3.63, 3.8) is 0 Å². The van der Waals surface area contributed by atoms with E-state index in [9.17, 15) is 9.18 Å². The molecule has 4 heteroatoms. The third kappa shape index (κ3) is 1.59. The molecule has 2 heterocycles. The number of imidazole rings is 1. The molecule has 0 aliphatic rings. The predicted octanol–water partition coefficient (Wildman–Crippen LogP) is 2.95. The van der Waals surface area contributed by atoms with Crippen LogP contribution in [-0.4, -0.2) is 15.7 Å². The lowest BCUT2D eigenvalue weighted by molar-refractivity contribution is 0.111. The van der Waals surface area contributed by atoms with Crippen LogP contribution in [0.4, 0.5) is 4.39 Å². The number of aromatic nitrogens is 2. The second-order valence-electron chi connectivity index (χ2n) is 3.92. The zero-order valence-electron chi connectivity index (χ0n) is 9.38. The van der Waals surface area contributed by atoms with Gasteiger partial charge in [0.1, 0.15) is 11.6 Å². The van der Waals surface area contributed by atoms with Crippen molar-refractivity contribution in [3.8, 4) is 11.4 Å². The Labute approximate surface area is 103 Å². The lowest BCUT2D eigenvalue weighted by Crippen LogP contribution is -1.97. The van der Waals surface area contributed by atoms with E-state index in [1.54, 1.807) is 34.9 Å². The average molecular weight is 240 g/mol. The normalized spacial score (nSPS) is 10.7. The molecule has 0 bridgehead atoms. The highest BCUT2D eigenvalue weighted by atomic mass is 19.1. The molecule has 88 valence electrons. The summed E-state index contributed by atoms with van der Waals surface area (Å²) in [6.45, 7) is 0. The molecule has 2 aromatic heterocycles. The number of benzene rings is 1. The molecule has 3 rings (SSSR count). The molecule has 0 spiro atoms. The summed E-state index contributed by atoms with van der Waals surface area (Å²) in [5.41, 5.74) is 2.12. The van der Waals surface area contributed by atoms with E-state index in [0.29, 0.717) is 11.5 Å². The Balaban J connectivity index is 2.29. The molecule has 0 unspecified atom stereocenters. The minimum atomic E-state index is -0.296. The molecule has 0 aliphatic heterocycles. The summed E-state index contributed by atoms with van der Waals surface area (Å²) in [5.74, 6) is 0.336. The molecule has 0 saturated carbocycles. The van der Waals surface area contributed by atoms with Gasteiger partial charge >= 0.3 is 0 Å². The van der Waals surface area contributed by atoms with Crippen molar-refractivity contribution in [1.29, 1.82) is 0 Å². The number of halogens is 1. The first-order valence-corrected chi connectivity index (χ1v) is 5.47.